The molecule has 2 rings (SSSR count). The lowest BCUT2D eigenvalue weighted by Gasteiger charge is -2.08. The van der Waals surface area contributed by atoms with Gasteiger partial charge < -0.3 is 5.32 Å². The van der Waals surface area contributed by atoms with Gasteiger partial charge in [0, 0.05) is 22.0 Å². The fourth-order valence-corrected chi connectivity index (χ4v) is 3.06. The quantitative estimate of drug-likeness (QED) is 0.880. The van der Waals surface area contributed by atoms with E-state index < -0.39 is 9.84 Å². The molecule has 0 aliphatic rings. The molecule has 0 aliphatic heterocycles. The molecule has 2 aromatic carbocycles. The minimum atomic E-state index is -3.13. The van der Waals surface area contributed by atoms with Crippen molar-refractivity contribution in [3.8, 4) is 0 Å². The summed E-state index contributed by atoms with van der Waals surface area (Å²) in [5.41, 5.74) is 2.74. The Labute approximate surface area is 138 Å². The smallest absolute Gasteiger partial charge is 0.255 e. The largest absolute Gasteiger partial charge is 0.322 e. The number of amides is 1. The van der Waals surface area contributed by atoms with E-state index in [1.807, 2.05) is 19.1 Å². The standard InChI is InChI=1S/C16H16BrNO3S/c1-11-8-14(6-7-15(11)17)18-16(19)13-5-3-4-12(9-13)10-22(2,20)21/h3-9H,10H2,1-2H3,(H,18,19). The van der Waals surface area contributed by atoms with E-state index in [0.29, 0.717) is 16.8 Å². The molecule has 0 saturated carbocycles. The number of sulfone groups is 1. The molecule has 1 N–H and O–H groups in total. The van der Waals surface area contributed by atoms with Crippen LogP contribution in [-0.4, -0.2) is 20.6 Å². The Bertz CT molecular complexity index is 816. The number of benzene rings is 2. The molecular formula is C16H16BrNO3S. The van der Waals surface area contributed by atoms with E-state index in [4.69, 9.17) is 0 Å². The molecule has 22 heavy (non-hydrogen) atoms. The lowest BCUT2D eigenvalue weighted by atomic mass is 10.1. The van der Waals surface area contributed by atoms with Crippen molar-refractivity contribution >= 4 is 37.4 Å². The predicted molar refractivity (Wildman–Crippen MR) is 91.8 cm³/mol. The minimum absolute atomic E-state index is 0.0779. The van der Waals surface area contributed by atoms with E-state index in [0.717, 1.165) is 10.0 Å². The van der Waals surface area contributed by atoms with Gasteiger partial charge in [0.2, 0.25) is 0 Å². The van der Waals surface area contributed by atoms with Gasteiger partial charge >= 0.3 is 0 Å². The summed E-state index contributed by atoms with van der Waals surface area (Å²) >= 11 is 3.41. The SMILES string of the molecule is Cc1cc(NC(=O)c2cccc(CS(C)(=O)=O)c2)ccc1Br. The summed E-state index contributed by atoms with van der Waals surface area (Å²) in [5, 5.41) is 2.81. The average molecular weight is 382 g/mol. The second kappa shape index (κ2) is 6.62. The van der Waals surface area contributed by atoms with E-state index in [9.17, 15) is 13.2 Å². The van der Waals surface area contributed by atoms with Gasteiger partial charge in [-0.1, -0.05) is 28.1 Å². The topological polar surface area (TPSA) is 63.2 Å². The Kier molecular flexibility index (Phi) is 5.03. The summed E-state index contributed by atoms with van der Waals surface area (Å²) in [7, 11) is -3.13. The van der Waals surface area contributed by atoms with Gasteiger partial charge in [0.25, 0.3) is 5.91 Å². The first kappa shape index (κ1) is 16.7. The first-order valence-corrected chi connectivity index (χ1v) is 9.44. The van der Waals surface area contributed by atoms with E-state index >= 15 is 0 Å². The second-order valence-corrected chi connectivity index (χ2v) is 8.18. The van der Waals surface area contributed by atoms with Crippen LogP contribution in [0.25, 0.3) is 0 Å². The van der Waals surface area contributed by atoms with Crippen molar-refractivity contribution in [2.45, 2.75) is 12.7 Å². The highest BCUT2D eigenvalue weighted by Gasteiger charge is 2.10. The summed E-state index contributed by atoms with van der Waals surface area (Å²) in [6.45, 7) is 1.94. The summed E-state index contributed by atoms with van der Waals surface area (Å²) < 4.78 is 23.6. The number of carbonyl (C=O) groups is 1. The molecule has 0 saturated heterocycles. The zero-order valence-corrected chi connectivity index (χ0v) is 14.7. The van der Waals surface area contributed by atoms with Crippen molar-refractivity contribution in [1.82, 2.24) is 0 Å². The predicted octanol–water partition coefficient (Wildman–Crippen LogP) is 3.55. The molecular weight excluding hydrogens is 366 g/mol. The molecule has 2 aromatic rings. The summed E-state index contributed by atoms with van der Waals surface area (Å²) in [5.74, 6) is -0.344. The molecule has 4 nitrogen and oxygen atoms in total. The third kappa shape index (κ3) is 4.68. The molecule has 1 amide bonds. The first-order chi connectivity index (χ1) is 10.2. The fraction of sp³-hybridized carbons (Fsp3) is 0.188. The Balaban J connectivity index is 2.19. The fourth-order valence-electron chi connectivity index (χ4n) is 2.03. The van der Waals surface area contributed by atoms with Crippen molar-refractivity contribution in [2.75, 3.05) is 11.6 Å². The van der Waals surface area contributed by atoms with Crippen LogP contribution >= 0.6 is 15.9 Å². The molecule has 0 bridgehead atoms. The third-order valence-corrected chi connectivity index (χ3v) is 4.78. The minimum Gasteiger partial charge on any atom is -0.322 e. The molecule has 0 heterocycles. The van der Waals surface area contributed by atoms with Gasteiger partial charge in [-0.15, -0.1) is 0 Å². The van der Waals surface area contributed by atoms with Gasteiger partial charge in [-0.3, -0.25) is 4.79 Å². The molecule has 116 valence electrons. The van der Waals surface area contributed by atoms with Gasteiger partial charge in [0.15, 0.2) is 9.84 Å². The molecule has 0 unspecified atom stereocenters. The number of rotatable bonds is 4. The van der Waals surface area contributed by atoms with Crippen molar-refractivity contribution in [1.29, 1.82) is 0 Å². The van der Waals surface area contributed by atoms with E-state index in [-0.39, 0.29) is 11.7 Å². The normalized spacial score (nSPS) is 11.2. The lowest BCUT2D eigenvalue weighted by molar-refractivity contribution is 0.102. The van der Waals surface area contributed by atoms with Crippen LogP contribution in [-0.2, 0) is 15.6 Å². The number of halogens is 1. The van der Waals surface area contributed by atoms with Crippen LogP contribution in [0, 0.1) is 6.92 Å². The number of nitrogens with one attached hydrogen (secondary N) is 1. The molecule has 0 aromatic heterocycles. The Morgan fingerprint density at radius 1 is 1.18 bits per heavy atom. The zero-order chi connectivity index (χ0) is 16.3. The van der Waals surface area contributed by atoms with Crippen LogP contribution in [0.5, 0.6) is 0 Å². The molecule has 0 spiro atoms. The highest BCUT2D eigenvalue weighted by atomic mass is 79.9. The first-order valence-electron chi connectivity index (χ1n) is 6.59. The summed E-state index contributed by atoms with van der Waals surface area (Å²) in [6.07, 6.45) is 1.17. The Morgan fingerprint density at radius 3 is 2.55 bits per heavy atom. The highest BCUT2D eigenvalue weighted by Crippen LogP contribution is 2.20. The van der Waals surface area contributed by atoms with Gasteiger partial charge in [-0.05, 0) is 48.4 Å². The van der Waals surface area contributed by atoms with E-state index in [1.54, 1.807) is 30.3 Å². The Morgan fingerprint density at radius 2 is 1.91 bits per heavy atom. The van der Waals surface area contributed by atoms with Gasteiger partial charge in [-0.25, -0.2) is 8.42 Å². The summed E-state index contributed by atoms with van der Waals surface area (Å²) in [6, 6.07) is 12.2. The number of hydrogen-bond donors (Lipinski definition) is 1. The zero-order valence-electron chi connectivity index (χ0n) is 12.3. The van der Waals surface area contributed by atoms with Crippen molar-refractivity contribution < 1.29 is 13.2 Å². The van der Waals surface area contributed by atoms with E-state index in [2.05, 4.69) is 21.2 Å². The maximum atomic E-state index is 12.3. The van der Waals surface area contributed by atoms with Gasteiger partial charge in [0.05, 0.1) is 5.75 Å². The van der Waals surface area contributed by atoms with E-state index in [1.165, 1.54) is 6.26 Å². The molecule has 6 heteroatoms. The monoisotopic (exact) mass is 381 g/mol. The number of anilines is 1. The van der Waals surface area contributed by atoms with Crippen molar-refractivity contribution in [3.63, 3.8) is 0 Å². The molecule has 0 atom stereocenters. The highest BCUT2D eigenvalue weighted by molar-refractivity contribution is 9.10. The van der Waals surface area contributed by atoms with Gasteiger partial charge in [0.1, 0.15) is 0 Å². The van der Waals surface area contributed by atoms with Crippen molar-refractivity contribution in [2.24, 2.45) is 0 Å². The lowest BCUT2D eigenvalue weighted by Crippen LogP contribution is -2.12. The van der Waals surface area contributed by atoms with Crippen LogP contribution in [0.4, 0.5) is 5.69 Å². The van der Waals surface area contributed by atoms with Crippen LogP contribution < -0.4 is 5.32 Å². The number of carbonyl (C=O) groups excluding carboxylic acids is 1. The third-order valence-electron chi connectivity index (χ3n) is 3.03. The van der Waals surface area contributed by atoms with Crippen LogP contribution in [0.3, 0.4) is 0 Å². The maximum absolute atomic E-state index is 12.3. The molecule has 0 aliphatic carbocycles. The van der Waals surface area contributed by atoms with Crippen LogP contribution in [0.2, 0.25) is 0 Å². The Hall–Kier alpha value is -1.66. The maximum Gasteiger partial charge on any atom is 0.255 e. The molecule has 0 fully saturated rings. The van der Waals surface area contributed by atoms with Crippen LogP contribution in [0.1, 0.15) is 21.5 Å². The molecule has 0 radical (unpaired) electrons. The second-order valence-electron chi connectivity index (χ2n) is 5.19. The average Bonchev–Trinajstić information content (AvgIpc) is 2.41. The van der Waals surface area contributed by atoms with Crippen LogP contribution in [0.15, 0.2) is 46.9 Å². The van der Waals surface area contributed by atoms with Gasteiger partial charge in [-0.2, -0.15) is 0 Å². The number of aryl methyl sites for hydroxylation is 1. The summed E-state index contributed by atoms with van der Waals surface area (Å²) in [4.78, 5) is 12.3. The number of hydrogen-bond acceptors (Lipinski definition) is 3. The van der Waals surface area contributed by atoms with Crippen molar-refractivity contribution in [3.05, 3.63) is 63.6 Å².